The van der Waals surface area contributed by atoms with E-state index in [1.54, 1.807) is 18.2 Å². The molecule has 0 aliphatic carbocycles. The fourth-order valence-corrected chi connectivity index (χ4v) is 1.51. The predicted octanol–water partition coefficient (Wildman–Crippen LogP) is 4.41. The molecule has 1 aromatic rings. The van der Waals surface area contributed by atoms with E-state index in [0.29, 0.717) is 10.6 Å². The molecule has 0 heterocycles. The molecular weight excluding hydrogens is 274 g/mol. The first-order chi connectivity index (χ1) is 7.29. The molecule has 1 rings (SSSR count). The van der Waals surface area contributed by atoms with Crippen molar-refractivity contribution in [2.45, 2.75) is 32.0 Å². The number of hydrogen-bond acceptors (Lipinski definition) is 1. The molecule has 0 saturated heterocycles. The second-order valence-electron chi connectivity index (χ2n) is 3.77. The molecule has 1 aromatic carbocycles. The molecule has 0 saturated carbocycles. The van der Waals surface area contributed by atoms with Crippen LogP contribution in [0.1, 0.15) is 30.0 Å². The summed E-state index contributed by atoms with van der Waals surface area (Å²) in [7, 11) is 0. The van der Waals surface area contributed by atoms with Crippen LogP contribution in [0, 0.1) is 6.92 Å². The van der Waals surface area contributed by atoms with Gasteiger partial charge in [0.15, 0.2) is 0 Å². The van der Waals surface area contributed by atoms with Crippen molar-refractivity contribution in [2.24, 2.45) is 5.73 Å². The van der Waals surface area contributed by atoms with Crippen molar-refractivity contribution in [3.8, 4) is 0 Å². The van der Waals surface area contributed by atoms with Crippen LogP contribution in [0.25, 0.3) is 0 Å². The van der Waals surface area contributed by atoms with Crippen LogP contribution >= 0.6 is 24.0 Å². The quantitative estimate of drug-likeness (QED) is 0.875. The second kappa shape index (κ2) is 6.47. The number of aryl methyl sites for hydroxylation is 1. The number of hydrogen-bond donors (Lipinski definition) is 1. The molecule has 0 fully saturated rings. The Balaban J connectivity index is 0.00000256. The normalized spacial score (nSPS) is 13.1. The monoisotopic (exact) mass is 287 g/mol. The van der Waals surface area contributed by atoms with E-state index in [-0.39, 0.29) is 18.8 Å². The Morgan fingerprint density at radius 3 is 2.41 bits per heavy atom. The standard InChI is InChI=1S/C11H13ClF3N.ClH/c1-7-2-3-8(6-9(7)12)10(16)4-5-11(13,14)15;/h2-3,6,10H,4-5,16H2,1H3;1H/t10-;/m0./s1. The van der Waals surface area contributed by atoms with Crippen LogP contribution < -0.4 is 5.73 Å². The van der Waals surface area contributed by atoms with Crippen molar-refractivity contribution in [3.63, 3.8) is 0 Å². The Hall–Kier alpha value is -0.450. The van der Waals surface area contributed by atoms with Crippen LogP contribution in [0.4, 0.5) is 13.2 Å². The SMILES string of the molecule is Cc1ccc([C@@H](N)CCC(F)(F)F)cc1Cl.Cl. The van der Waals surface area contributed by atoms with Gasteiger partial charge in [-0.15, -0.1) is 12.4 Å². The maximum atomic E-state index is 12.0. The van der Waals surface area contributed by atoms with E-state index in [9.17, 15) is 13.2 Å². The van der Waals surface area contributed by atoms with E-state index in [1.165, 1.54) is 0 Å². The van der Waals surface area contributed by atoms with E-state index in [0.717, 1.165) is 5.56 Å². The van der Waals surface area contributed by atoms with Crippen molar-refractivity contribution in [2.75, 3.05) is 0 Å². The first kappa shape index (κ1) is 16.6. The first-order valence-electron chi connectivity index (χ1n) is 4.88. The summed E-state index contributed by atoms with van der Waals surface area (Å²) < 4.78 is 36.0. The summed E-state index contributed by atoms with van der Waals surface area (Å²) >= 11 is 5.87. The first-order valence-corrected chi connectivity index (χ1v) is 5.26. The summed E-state index contributed by atoms with van der Waals surface area (Å²) in [5, 5.41) is 0.528. The molecule has 0 aromatic heterocycles. The summed E-state index contributed by atoms with van der Waals surface area (Å²) in [6.07, 6.45) is -5.16. The maximum absolute atomic E-state index is 12.0. The molecule has 0 amide bonds. The number of benzene rings is 1. The summed E-state index contributed by atoms with van der Waals surface area (Å²) in [4.78, 5) is 0. The van der Waals surface area contributed by atoms with Gasteiger partial charge in [0.25, 0.3) is 0 Å². The predicted molar refractivity (Wildman–Crippen MR) is 65.7 cm³/mol. The van der Waals surface area contributed by atoms with Crippen molar-refractivity contribution in [1.29, 1.82) is 0 Å². The minimum atomic E-state index is -4.16. The number of rotatable bonds is 3. The second-order valence-corrected chi connectivity index (χ2v) is 4.18. The van der Waals surface area contributed by atoms with Crippen molar-refractivity contribution in [3.05, 3.63) is 34.3 Å². The van der Waals surface area contributed by atoms with E-state index in [1.807, 2.05) is 6.92 Å². The van der Waals surface area contributed by atoms with Gasteiger partial charge in [-0.1, -0.05) is 23.7 Å². The van der Waals surface area contributed by atoms with Crippen molar-refractivity contribution < 1.29 is 13.2 Å². The van der Waals surface area contributed by atoms with E-state index < -0.39 is 18.6 Å². The van der Waals surface area contributed by atoms with Gasteiger partial charge < -0.3 is 5.73 Å². The Morgan fingerprint density at radius 1 is 1.35 bits per heavy atom. The molecule has 17 heavy (non-hydrogen) atoms. The van der Waals surface area contributed by atoms with Gasteiger partial charge in [-0.2, -0.15) is 13.2 Å². The molecule has 0 aliphatic heterocycles. The number of nitrogens with two attached hydrogens (primary N) is 1. The third kappa shape index (κ3) is 5.61. The minimum absolute atomic E-state index is 0. The zero-order valence-corrected chi connectivity index (χ0v) is 10.8. The van der Waals surface area contributed by atoms with Gasteiger partial charge in [0.05, 0.1) is 0 Å². The van der Waals surface area contributed by atoms with Gasteiger partial charge in [0.1, 0.15) is 0 Å². The lowest BCUT2D eigenvalue weighted by atomic mass is 10.0. The lowest BCUT2D eigenvalue weighted by Gasteiger charge is -2.14. The molecule has 6 heteroatoms. The lowest BCUT2D eigenvalue weighted by Crippen LogP contribution is -2.15. The highest BCUT2D eigenvalue weighted by atomic mass is 35.5. The highest BCUT2D eigenvalue weighted by molar-refractivity contribution is 6.31. The maximum Gasteiger partial charge on any atom is 0.389 e. The molecule has 0 unspecified atom stereocenters. The summed E-state index contributed by atoms with van der Waals surface area (Å²) in [5.74, 6) is 0. The van der Waals surface area contributed by atoms with Gasteiger partial charge in [0, 0.05) is 17.5 Å². The van der Waals surface area contributed by atoms with E-state index in [2.05, 4.69) is 0 Å². The van der Waals surface area contributed by atoms with Crippen molar-refractivity contribution >= 4 is 24.0 Å². The zero-order chi connectivity index (χ0) is 12.3. The largest absolute Gasteiger partial charge is 0.389 e. The molecule has 98 valence electrons. The van der Waals surface area contributed by atoms with Gasteiger partial charge in [-0.05, 0) is 30.5 Å². The molecule has 0 aliphatic rings. The molecule has 0 spiro atoms. The van der Waals surface area contributed by atoms with Crippen LogP contribution in [0.5, 0.6) is 0 Å². The Morgan fingerprint density at radius 2 is 1.94 bits per heavy atom. The molecule has 0 radical (unpaired) electrons. The van der Waals surface area contributed by atoms with Crippen LogP contribution in [0.2, 0.25) is 5.02 Å². The Bertz CT molecular complexity index is 366. The summed E-state index contributed by atoms with van der Waals surface area (Å²) in [6, 6.07) is 4.46. The average molecular weight is 288 g/mol. The van der Waals surface area contributed by atoms with Gasteiger partial charge in [-0.3, -0.25) is 0 Å². The Labute approximate surface area is 110 Å². The van der Waals surface area contributed by atoms with Crippen LogP contribution in [0.3, 0.4) is 0 Å². The fourth-order valence-electron chi connectivity index (χ4n) is 1.33. The minimum Gasteiger partial charge on any atom is -0.324 e. The average Bonchev–Trinajstić information content (AvgIpc) is 2.17. The molecule has 1 atom stereocenters. The highest BCUT2D eigenvalue weighted by Crippen LogP contribution is 2.28. The fraction of sp³-hybridized carbons (Fsp3) is 0.455. The highest BCUT2D eigenvalue weighted by Gasteiger charge is 2.27. The molecule has 1 nitrogen and oxygen atoms in total. The van der Waals surface area contributed by atoms with Crippen LogP contribution in [0.15, 0.2) is 18.2 Å². The number of halogens is 5. The summed E-state index contributed by atoms with van der Waals surface area (Å²) in [6.45, 7) is 1.83. The van der Waals surface area contributed by atoms with E-state index >= 15 is 0 Å². The topological polar surface area (TPSA) is 26.0 Å². The summed E-state index contributed by atoms with van der Waals surface area (Å²) in [5.41, 5.74) is 7.18. The number of alkyl halides is 3. The molecule has 0 bridgehead atoms. The zero-order valence-electron chi connectivity index (χ0n) is 9.22. The van der Waals surface area contributed by atoms with E-state index in [4.69, 9.17) is 17.3 Å². The third-order valence-electron chi connectivity index (χ3n) is 2.36. The van der Waals surface area contributed by atoms with Crippen LogP contribution in [-0.2, 0) is 0 Å². The lowest BCUT2D eigenvalue weighted by molar-refractivity contribution is -0.136. The van der Waals surface area contributed by atoms with Crippen molar-refractivity contribution in [1.82, 2.24) is 0 Å². The smallest absolute Gasteiger partial charge is 0.324 e. The van der Waals surface area contributed by atoms with Gasteiger partial charge in [-0.25, -0.2) is 0 Å². The van der Waals surface area contributed by atoms with Gasteiger partial charge in [0.2, 0.25) is 0 Å². The molecule has 2 N–H and O–H groups in total. The molecular formula is C11H14Cl2F3N. The van der Waals surface area contributed by atoms with Gasteiger partial charge >= 0.3 is 6.18 Å². The van der Waals surface area contributed by atoms with Crippen LogP contribution in [-0.4, -0.2) is 6.18 Å². The third-order valence-corrected chi connectivity index (χ3v) is 2.77. The Kier molecular flexibility index (Phi) is 6.30.